The quantitative estimate of drug-likeness (QED) is 0.792. The van der Waals surface area contributed by atoms with E-state index in [0.29, 0.717) is 24.6 Å². The van der Waals surface area contributed by atoms with Crippen molar-refractivity contribution in [2.45, 2.75) is 32.1 Å². The highest BCUT2D eigenvalue weighted by Gasteiger charge is 2.49. The predicted molar refractivity (Wildman–Crippen MR) is 105 cm³/mol. The van der Waals surface area contributed by atoms with Crippen LogP contribution in [0.2, 0.25) is 0 Å². The predicted octanol–water partition coefficient (Wildman–Crippen LogP) is 2.51. The Morgan fingerprint density at radius 3 is 2.85 bits per heavy atom. The molecule has 2 atom stereocenters. The molecule has 1 aliphatic carbocycles. The van der Waals surface area contributed by atoms with Crippen molar-refractivity contribution in [1.29, 1.82) is 0 Å². The maximum absolute atomic E-state index is 14.2. The number of hydrogen-bond acceptors (Lipinski definition) is 4. The molecule has 3 fully saturated rings. The van der Waals surface area contributed by atoms with Gasteiger partial charge in [0.05, 0.1) is 16.9 Å². The van der Waals surface area contributed by atoms with Crippen LogP contribution in [0.1, 0.15) is 32.1 Å². The summed E-state index contributed by atoms with van der Waals surface area (Å²) in [6, 6.07) is 4.16. The first kappa shape index (κ1) is 20.4. The molecular formula is C18H25ClFN3O3S. The van der Waals surface area contributed by atoms with Crippen molar-refractivity contribution in [3.63, 3.8) is 0 Å². The summed E-state index contributed by atoms with van der Waals surface area (Å²) < 4.78 is 39.6. The van der Waals surface area contributed by atoms with E-state index in [4.69, 9.17) is 0 Å². The molecule has 4 rings (SSSR count). The number of hydrogen-bond donors (Lipinski definition) is 2. The second-order valence-corrected chi connectivity index (χ2v) is 9.60. The van der Waals surface area contributed by atoms with Crippen LogP contribution in [-0.2, 0) is 14.8 Å². The van der Waals surface area contributed by atoms with Gasteiger partial charge in [-0.1, -0.05) is 12.8 Å². The van der Waals surface area contributed by atoms with Crippen LogP contribution < -0.4 is 14.9 Å². The molecule has 0 aromatic heterocycles. The molecule has 1 saturated carbocycles. The molecule has 9 heteroatoms. The third-order valence-corrected chi connectivity index (χ3v) is 7.92. The van der Waals surface area contributed by atoms with Crippen molar-refractivity contribution in [2.75, 3.05) is 35.0 Å². The first-order valence-electron chi connectivity index (χ1n) is 9.24. The maximum Gasteiger partial charge on any atom is 0.235 e. The number of anilines is 2. The minimum absolute atomic E-state index is 0. The fraction of sp³-hybridized carbons (Fsp3) is 0.611. The van der Waals surface area contributed by atoms with Gasteiger partial charge in [-0.05, 0) is 49.9 Å². The van der Waals surface area contributed by atoms with Gasteiger partial charge in [0.25, 0.3) is 0 Å². The molecule has 0 spiro atoms. The molecule has 2 aliphatic heterocycles. The third-order valence-electron chi connectivity index (χ3n) is 6.06. The number of benzene rings is 1. The lowest BCUT2D eigenvalue weighted by atomic mass is 9.67. The van der Waals surface area contributed by atoms with Gasteiger partial charge < -0.3 is 10.6 Å². The fourth-order valence-corrected chi connectivity index (χ4v) is 6.20. The highest BCUT2D eigenvalue weighted by Crippen LogP contribution is 2.44. The van der Waals surface area contributed by atoms with Crippen LogP contribution in [0.15, 0.2) is 18.2 Å². The van der Waals surface area contributed by atoms with E-state index >= 15 is 0 Å². The SMILES string of the molecule is Cl.O=C(Nc1ccc(F)c(N2CCCS2(=O)=O)c1)[C@@]12CCCC[C@H]1CNC2. The van der Waals surface area contributed by atoms with Gasteiger partial charge in [0, 0.05) is 18.8 Å². The Balaban J connectivity index is 0.00000210. The molecule has 1 amide bonds. The summed E-state index contributed by atoms with van der Waals surface area (Å²) in [7, 11) is -3.47. The lowest BCUT2D eigenvalue weighted by Gasteiger charge is -2.37. The summed E-state index contributed by atoms with van der Waals surface area (Å²) in [5.74, 6) is -0.284. The van der Waals surface area contributed by atoms with Crippen molar-refractivity contribution >= 4 is 39.7 Å². The molecule has 2 saturated heterocycles. The number of fused-ring (bicyclic) bond motifs is 1. The van der Waals surface area contributed by atoms with Crippen LogP contribution in [0.5, 0.6) is 0 Å². The van der Waals surface area contributed by atoms with Gasteiger partial charge in [-0.15, -0.1) is 12.4 Å². The molecule has 27 heavy (non-hydrogen) atoms. The standard InChI is InChI=1S/C18H24FN3O3S.ClH/c19-15-6-5-14(10-16(15)22-8-3-9-26(22,24)25)21-17(23)18-7-2-1-4-13(18)11-20-12-18;/h5-6,10,13,20H,1-4,7-9,11-12H2,(H,21,23);1H/t13-,18+;/m0./s1. The van der Waals surface area contributed by atoms with Crippen molar-refractivity contribution < 1.29 is 17.6 Å². The Bertz CT molecular complexity index is 835. The van der Waals surface area contributed by atoms with Gasteiger partial charge in [-0.2, -0.15) is 0 Å². The Kier molecular flexibility index (Phi) is 5.70. The molecule has 6 nitrogen and oxygen atoms in total. The first-order chi connectivity index (χ1) is 12.4. The number of sulfonamides is 1. The molecule has 150 valence electrons. The first-order valence-corrected chi connectivity index (χ1v) is 10.9. The number of carbonyl (C=O) groups is 1. The minimum Gasteiger partial charge on any atom is -0.325 e. The van der Waals surface area contributed by atoms with Gasteiger partial charge in [-0.3, -0.25) is 9.10 Å². The Hall–Kier alpha value is -1.38. The maximum atomic E-state index is 14.2. The minimum atomic E-state index is -3.47. The Morgan fingerprint density at radius 2 is 2.11 bits per heavy atom. The van der Waals surface area contributed by atoms with E-state index < -0.39 is 21.3 Å². The van der Waals surface area contributed by atoms with Gasteiger partial charge in [0.2, 0.25) is 15.9 Å². The lowest BCUT2D eigenvalue weighted by Crippen LogP contribution is -2.44. The number of nitrogens with zero attached hydrogens (tertiary/aromatic N) is 1. The van der Waals surface area contributed by atoms with Gasteiger partial charge in [0.1, 0.15) is 5.82 Å². The fourth-order valence-electron chi connectivity index (χ4n) is 4.64. The Morgan fingerprint density at radius 1 is 1.30 bits per heavy atom. The molecular weight excluding hydrogens is 393 g/mol. The van der Waals surface area contributed by atoms with Gasteiger partial charge in [-0.25, -0.2) is 12.8 Å². The van der Waals surface area contributed by atoms with E-state index in [9.17, 15) is 17.6 Å². The molecule has 2 heterocycles. The van der Waals surface area contributed by atoms with E-state index in [-0.39, 0.29) is 36.3 Å². The van der Waals surface area contributed by atoms with Gasteiger partial charge >= 0.3 is 0 Å². The molecule has 1 aromatic carbocycles. The Labute approximate surface area is 165 Å². The summed E-state index contributed by atoms with van der Waals surface area (Å²) in [6.45, 7) is 1.79. The van der Waals surface area contributed by atoms with Crippen molar-refractivity contribution in [3.05, 3.63) is 24.0 Å². The van der Waals surface area contributed by atoms with Crippen LogP contribution in [0, 0.1) is 17.2 Å². The zero-order chi connectivity index (χ0) is 18.4. The summed E-state index contributed by atoms with van der Waals surface area (Å²) in [6.07, 6.45) is 4.56. The second kappa shape index (κ2) is 7.56. The van der Waals surface area contributed by atoms with E-state index in [1.54, 1.807) is 0 Å². The molecule has 0 unspecified atom stereocenters. The second-order valence-electron chi connectivity index (χ2n) is 7.59. The smallest absolute Gasteiger partial charge is 0.235 e. The molecule has 3 aliphatic rings. The van der Waals surface area contributed by atoms with E-state index in [1.165, 1.54) is 18.2 Å². The third kappa shape index (κ3) is 3.54. The highest BCUT2D eigenvalue weighted by molar-refractivity contribution is 7.93. The number of nitrogens with one attached hydrogen (secondary N) is 2. The molecule has 0 bridgehead atoms. The number of carbonyl (C=O) groups excluding carboxylic acids is 1. The highest BCUT2D eigenvalue weighted by atomic mass is 35.5. The largest absolute Gasteiger partial charge is 0.325 e. The van der Waals surface area contributed by atoms with Crippen LogP contribution in [0.4, 0.5) is 15.8 Å². The van der Waals surface area contributed by atoms with E-state index in [1.807, 2.05) is 0 Å². The number of halogens is 2. The molecule has 1 aromatic rings. The zero-order valence-corrected chi connectivity index (χ0v) is 16.7. The lowest BCUT2D eigenvalue weighted by molar-refractivity contribution is -0.128. The monoisotopic (exact) mass is 417 g/mol. The van der Waals surface area contributed by atoms with Crippen molar-refractivity contribution in [1.82, 2.24) is 5.32 Å². The normalized spacial score (nSPS) is 29.1. The summed E-state index contributed by atoms with van der Waals surface area (Å²) in [5, 5.41) is 6.26. The summed E-state index contributed by atoms with van der Waals surface area (Å²) >= 11 is 0. The average molecular weight is 418 g/mol. The van der Waals surface area contributed by atoms with Crippen LogP contribution in [0.3, 0.4) is 0 Å². The van der Waals surface area contributed by atoms with Crippen molar-refractivity contribution in [2.24, 2.45) is 11.3 Å². The average Bonchev–Trinajstić information content (AvgIpc) is 3.20. The van der Waals surface area contributed by atoms with Crippen LogP contribution >= 0.6 is 12.4 Å². The van der Waals surface area contributed by atoms with Crippen LogP contribution in [-0.4, -0.2) is 39.7 Å². The number of rotatable bonds is 3. The molecule has 0 radical (unpaired) electrons. The zero-order valence-electron chi connectivity index (χ0n) is 15.0. The van der Waals surface area contributed by atoms with E-state index in [0.717, 1.165) is 36.5 Å². The van der Waals surface area contributed by atoms with Crippen molar-refractivity contribution in [3.8, 4) is 0 Å². The summed E-state index contributed by atoms with van der Waals surface area (Å²) in [5.41, 5.74) is 0.0497. The topological polar surface area (TPSA) is 78.5 Å². The van der Waals surface area contributed by atoms with E-state index in [2.05, 4.69) is 10.6 Å². The summed E-state index contributed by atoms with van der Waals surface area (Å²) in [4.78, 5) is 13.0. The van der Waals surface area contributed by atoms with Crippen LogP contribution in [0.25, 0.3) is 0 Å². The van der Waals surface area contributed by atoms with Gasteiger partial charge in [0.15, 0.2) is 0 Å². The molecule has 2 N–H and O–H groups in total. The number of amides is 1.